The minimum atomic E-state index is 0. The summed E-state index contributed by atoms with van der Waals surface area (Å²) in [6.07, 6.45) is 5.89. The van der Waals surface area contributed by atoms with E-state index in [4.69, 9.17) is 0 Å². The molecule has 0 saturated heterocycles. The Balaban J connectivity index is 0.00000112. The summed E-state index contributed by atoms with van der Waals surface area (Å²) in [5.41, 5.74) is 2.74. The van der Waals surface area contributed by atoms with E-state index < -0.39 is 0 Å². The van der Waals surface area contributed by atoms with Crippen molar-refractivity contribution in [3.8, 4) is 0 Å². The topological polar surface area (TPSA) is 12.9 Å². The largest absolute Gasteiger partial charge is 0.265 e. The maximum Gasteiger partial charge on any atom is 0.0270 e. The van der Waals surface area contributed by atoms with Gasteiger partial charge in [-0.1, -0.05) is 30.3 Å². The number of rotatable bonds is 3. The predicted molar refractivity (Wildman–Crippen MR) is 65.3 cm³/mol. The van der Waals surface area contributed by atoms with Crippen molar-refractivity contribution in [2.45, 2.75) is 12.8 Å². The van der Waals surface area contributed by atoms with Crippen LogP contribution in [0.2, 0.25) is 0 Å². The number of hydrogen-bond acceptors (Lipinski definition) is 1. The summed E-state index contributed by atoms with van der Waals surface area (Å²) in [7, 11) is 0. The Morgan fingerprint density at radius 1 is 0.733 bits per heavy atom. The maximum absolute atomic E-state index is 4.00. The third-order valence-corrected chi connectivity index (χ3v) is 2.29. The van der Waals surface area contributed by atoms with E-state index in [0.717, 1.165) is 12.8 Å². The quantitative estimate of drug-likeness (QED) is 0.772. The molecule has 78 valence electrons. The van der Waals surface area contributed by atoms with Gasteiger partial charge in [0.15, 0.2) is 0 Å². The van der Waals surface area contributed by atoms with Crippen LogP contribution < -0.4 is 0 Å². The van der Waals surface area contributed by atoms with Crippen LogP contribution in [-0.4, -0.2) is 4.98 Å². The van der Waals surface area contributed by atoms with Gasteiger partial charge in [0.25, 0.3) is 0 Å². The minimum Gasteiger partial charge on any atom is -0.265 e. The molecule has 1 aromatic heterocycles. The monoisotopic (exact) mass is 219 g/mol. The molecule has 1 aromatic carbocycles. The standard InChI is InChI=1S/C13H13N.ClH/c1-2-4-12(5-3-1)6-7-13-8-10-14-11-9-13;/h1-5,8-11H,6-7H2;1H. The lowest BCUT2D eigenvalue weighted by Crippen LogP contribution is -1.90. The Morgan fingerprint density at radius 3 is 1.87 bits per heavy atom. The lowest BCUT2D eigenvalue weighted by molar-refractivity contribution is 0.955. The van der Waals surface area contributed by atoms with Gasteiger partial charge in [-0.2, -0.15) is 0 Å². The molecule has 0 saturated carbocycles. The second-order valence-corrected chi connectivity index (χ2v) is 3.34. The van der Waals surface area contributed by atoms with Gasteiger partial charge < -0.3 is 0 Å². The normalized spacial score (nSPS) is 9.33. The third-order valence-electron chi connectivity index (χ3n) is 2.29. The molecule has 0 aliphatic carbocycles. The molecule has 0 radical (unpaired) electrons. The average Bonchev–Trinajstić information content (AvgIpc) is 2.29. The molecule has 0 aliphatic rings. The van der Waals surface area contributed by atoms with Gasteiger partial charge in [-0.3, -0.25) is 4.98 Å². The van der Waals surface area contributed by atoms with Crippen LogP contribution >= 0.6 is 12.4 Å². The highest BCUT2D eigenvalue weighted by Crippen LogP contribution is 2.05. The number of hydrogen-bond donors (Lipinski definition) is 0. The molecule has 0 bridgehead atoms. The molecular weight excluding hydrogens is 206 g/mol. The van der Waals surface area contributed by atoms with Crippen LogP contribution in [0.25, 0.3) is 0 Å². The van der Waals surface area contributed by atoms with Crippen LogP contribution in [0.15, 0.2) is 54.9 Å². The smallest absolute Gasteiger partial charge is 0.0270 e. The molecule has 0 fully saturated rings. The highest BCUT2D eigenvalue weighted by Gasteiger charge is 1.93. The first-order valence-electron chi connectivity index (χ1n) is 4.88. The van der Waals surface area contributed by atoms with E-state index in [1.807, 2.05) is 12.4 Å². The predicted octanol–water partition coefficient (Wildman–Crippen LogP) is 3.29. The van der Waals surface area contributed by atoms with E-state index in [9.17, 15) is 0 Å². The van der Waals surface area contributed by atoms with Gasteiger partial charge >= 0.3 is 0 Å². The average molecular weight is 220 g/mol. The highest BCUT2D eigenvalue weighted by atomic mass is 35.5. The third kappa shape index (κ3) is 3.72. The number of aryl methyl sites for hydroxylation is 2. The van der Waals surface area contributed by atoms with Crippen LogP contribution in [0, 0.1) is 0 Å². The summed E-state index contributed by atoms with van der Waals surface area (Å²) >= 11 is 0. The molecule has 0 spiro atoms. The molecule has 2 rings (SSSR count). The SMILES string of the molecule is Cl.c1ccc(CCc2ccncc2)cc1. The van der Waals surface area contributed by atoms with E-state index in [1.165, 1.54) is 11.1 Å². The van der Waals surface area contributed by atoms with Crippen LogP contribution in [0.1, 0.15) is 11.1 Å². The Bertz CT molecular complexity index is 333. The van der Waals surface area contributed by atoms with Gasteiger partial charge in [0.05, 0.1) is 0 Å². The first-order valence-corrected chi connectivity index (χ1v) is 4.88. The summed E-state index contributed by atoms with van der Waals surface area (Å²) in [5, 5.41) is 0. The van der Waals surface area contributed by atoms with Crippen LogP contribution in [0.5, 0.6) is 0 Å². The van der Waals surface area contributed by atoms with Gasteiger partial charge in [-0.15, -0.1) is 12.4 Å². The van der Waals surface area contributed by atoms with Gasteiger partial charge in [-0.25, -0.2) is 0 Å². The first-order chi connectivity index (χ1) is 6.95. The second kappa shape index (κ2) is 6.20. The van der Waals surface area contributed by atoms with E-state index in [-0.39, 0.29) is 12.4 Å². The van der Waals surface area contributed by atoms with Gasteiger partial charge in [-0.05, 0) is 36.1 Å². The minimum absolute atomic E-state index is 0. The second-order valence-electron chi connectivity index (χ2n) is 3.34. The van der Waals surface area contributed by atoms with E-state index >= 15 is 0 Å². The molecule has 0 N–H and O–H groups in total. The van der Waals surface area contributed by atoms with Crippen LogP contribution in [-0.2, 0) is 12.8 Å². The molecule has 2 heteroatoms. The molecule has 1 heterocycles. The van der Waals surface area contributed by atoms with Crippen molar-refractivity contribution in [1.82, 2.24) is 4.98 Å². The first kappa shape index (κ1) is 11.7. The number of pyridine rings is 1. The molecule has 15 heavy (non-hydrogen) atoms. The van der Waals surface area contributed by atoms with Crippen molar-refractivity contribution < 1.29 is 0 Å². The Labute approximate surface area is 96.6 Å². The van der Waals surface area contributed by atoms with E-state index in [0.29, 0.717) is 0 Å². The summed E-state index contributed by atoms with van der Waals surface area (Å²) < 4.78 is 0. The van der Waals surface area contributed by atoms with Crippen molar-refractivity contribution in [2.75, 3.05) is 0 Å². The molecular formula is C13H14ClN. The molecule has 0 amide bonds. The van der Waals surface area contributed by atoms with Crippen molar-refractivity contribution in [1.29, 1.82) is 0 Å². The number of halogens is 1. The molecule has 0 atom stereocenters. The van der Waals surface area contributed by atoms with Crippen molar-refractivity contribution in [2.24, 2.45) is 0 Å². The number of aromatic nitrogens is 1. The summed E-state index contributed by atoms with van der Waals surface area (Å²) in [4.78, 5) is 4.00. The van der Waals surface area contributed by atoms with E-state index in [1.54, 1.807) is 0 Å². The van der Waals surface area contributed by atoms with Crippen molar-refractivity contribution >= 4 is 12.4 Å². The number of nitrogens with zero attached hydrogens (tertiary/aromatic N) is 1. The van der Waals surface area contributed by atoms with Crippen molar-refractivity contribution in [3.05, 3.63) is 66.0 Å². The molecule has 2 aromatic rings. The fourth-order valence-corrected chi connectivity index (χ4v) is 1.48. The highest BCUT2D eigenvalue weighted by molar-refractivity contribution is 5.85. The lowest BCUT2D eigenvalue weighted by Gasteiger charge is -2.00. The zero-order valence-electron chi connectivity index (χ0n) is 8.47. The summed E-state index contributed by atoms with van der Waals surface area (Å²) in [6, 6.07) is 14.7. The van der Waals surface area contributed by atoms with E-state index in [2.05, 4.69) is 47.4 Å². The fourth-order valence-electron chi connectivity index (χ4n) is 1.48. The molecule has 1 nitrogen and oxygen atoms in total. The fraction of sp³-hybridized carbons (Fsp3) is 0.154. The Kier molecular flexibility index (Phi) is 4.85. The Hall–Kier alpha value is -1.34. The molecule has 0 aliphatic heterocycles. The zero-order valence-corrected chi connectivity index (χ0v) is 9.28. The van der Waals surface area contributed by atoms with Gasteiger partial charge in [0, 0.05) is 12.4 Å². The lowest BCUT2D eigenvalue weighted by atomic mass is 10.1. The number of benzene rings is 1. The maximum atomic E-state index is 4.00. The zero-order chi connectivity index (χ0) is 9.64. The van der Waals surface area contributed by atoms with Crippen LogP contribution in [0.4, 0.5) is 0 Å². The van der Waals surface area contributed by atoms with Crippen molar-refractivity contribution in [3.63, 3.8) is 0 Å². The summed E-state index contributed by atoms with van der Waals surface area (Å²) in [5.74, 6) is 0. The molecule has 0 unspecified atom stereocenters. The van der Waals surface area contributed by atoms with Crippen LogP contribution in [0.3, 0.4) is 0 Å². The Morgan fingerprint density at radius 2 is 1.27 bits per heavy atom. The van der Waals surface area contributed by atoms with Gasteiger partial charge in [0.2, 0.25) is 0 Å². The summed E-state index contributed by atoms with van der Waals surface area (Å²) in [6.45, 7) is 0. The van der Waals surface area contributed by atoms with Gasteiger partial charge in [0.1, 0.15) is 0 Å².